The molecule has 1 amide bonds. The number of methoxy groups -OCH3 is 1. The van der Waals surface area contributed by atoms with Crippen LogP contribution in [0.15, 0.2) is 12.3 Å². The summed E-state index contributed by atoms with van der Waals surface area (Å²) in [6, 6.07) is 1.95. The lowest BCUT2D eigenvalue weighted by molar-refractivity contribution is 0.0873. The molecular formula is C13H22N4O2. The Hall–Kier alpha value is -1.40. The third-order valence-electron chi connectivity index (χ3n) is 3.40. The van der Waals surface area contributed by atoms with E-state index in [-0.39, 0.29) is 11.9 Å². The zero-order valence-electron chi connectivity index (χ0n) is 11.6. The van der Waals surface area contributed by atoms with Crippen LogP contribution >= 0.6 is 0 Å². The summed E-state index contributed by atoms with van der Waals surface area (Å²) in [6.07, 6.45) is 3.92. The number of carbonyl (C=O) groups excluding carboxylic acids is 1. The number of hydrogen-bond donors (Lipinski definition) is 1. The van der Waals surface area contributed by atoms with Gasteiger partial charge in [0.1, 0.15) is 5.69 Å². The lowest BCUT2D eigenvalue weighted by Gasteiger charge is -2.32. The third kappa shape index (κ3) is 4.04. The average Bonchev–Trinajstić information content (AvgIpc) is 2.83. The number of aromatic nitrogens is 2. The number of rotatable bonds is 5. The van der Waals surface area contributed by atoms with Gasteiger partial charge < -0.3 is 10.1 Å². The molecule has 0 bridgehead atoms. The van der Waals surface area contributed by atoms with Gasteiger partial charge in [0.25, 0.3) is 5.91 Å². The minimum atomic E-state index is -0.0841. The van der Waals surface area contributed by atoms with E-state index in [1.165, 1.54) is 0 Å². The molecule has 0 aromatic carbocycles. The molecule has 1 aliphatic rings. The van der Waals surface area contributed by atoms with Crippen LogP contribution in [-0.2, 0) is 11.8 Å². The lowest BCUT2D eigenvalue weighted by atomic mass is 10.1. The fraction of sp³-hybridized carbons (Fsp3) is 0.692. The van der Waals surface area contributed by atoms with E-state index < -0.39 is 0 Å². The Labute approximate surface area is 113 Å². The number of amides is 1. The molecule has 6 heteroatoms. The Morgan fingerprint density at radius 1 is 1.63 bits per heavy atom. The Bertz CT molecular complexity index is 419. The van der Waals surface area contributed by atoms with Gasteiger partial charge in [-0.2, -0.15) is 5.10 Å². The Morgan fingerprint density at radius 3 is 3.16 bits per heavy atom. The van der Waals surface area contributed by atoms with Crippen molar-refractivity contribution in [2.24, 2.45) is 7.05 Å². The molecule has 2 rings (SSSR count). The SMILES string of the molecule is COCCN1CCCC(NC(=O)c2ccn(C)n2)C1. The van der Waals surface area contributed by atoms with Gasteiger partial charge in [-0.25, -0.2) is 0 Å². The van der Waals surface area contributed by atoms with Crippen molar-refractivity contribution in [2.45, 2.75) is 18.9 Å². The Balaban J connectivity index is 1.83. The van der Waals surface area contributed by atoms with Crippen LogP contribution in [0.4, 0.5) is 0 Å². The fourth-order valence-electron chi connectivity index (χ4n) is 2.39. The molecule has 1 aromatic rings. The van der Waals surface area contributed by atoms with Crippen LogP contribution in [0.5, 0.6) is 0 Å². The maximum absolute atomic E-state index is 12.0. The first-order valence-corrected chi connectivity index (χ1v) is 6.71. The minimum absolute atomic E-state index is 0.0841. The summed E-state index contributed by atoms with van der Waals surface area (Å²) in [4.78, 5) is 14.3. The minimum Gasteiger partial charge on any atom is -0.383 e. The summed E-state index contributed by atoms with van der Waals surface area (Å²) in [7, 11) is 3.52. The monoisotopic (exact) mass is 266 g/mol. The second kappa shape index (κ2) is 6.68. The van der Waals surface area contributed by atoms with Gasteiger partial charge in [-0.15, -0.1) is 0 Å². The van der Waals surface area contributed by atoms with Crippen molar-refractivity contribution in [3.05, 3.63) is 18.0 Å². The number of carbonyl (C=O) groups is 1. The molecule has 1 saturated heterocycles. The number of ether oxygens (including phenoxy) is 1. The van der Waals surface area contributed by atoms with Crippen molar-refractivity contribution in [3.63, 3.8) is 0 Å². The van der Waals surface area contributed by atoms with Gasteiger partial charge in [-0.1, -0.05) is 0 Å². The van der Waals surface area contributed by atoms with Gasteiger partial charge in [0.05, 0.1) is 6.61 Å². The number of likely N-dealkylation sites (tertiary alicyclic amines) is 1. The number of nitrogens with one attached hydrogen (secondary N) is 1. The van der Waals surface area contributed by atoms with Crippen LogP contribution in [0.3, 0.4) is 0 Å². The number of piperidine rings is 1. The largest absolute Gasteiger partial charge is 0.383 e. The summed E-state index contributed by atoms with van der Waals surface area (Å²) >= 11 is 0. The van der Waals surface area contributed by atoms with Gasteiger partial charge >= 0.3 is 0 Å². The number of aryl methyl sites for hydroxylation is 1. The highest BCUT2D eigenvalue weighted by Crippen LogP contribution is 2.10. The summed E-state index contributed by atoms with van der Waals surface area (Å²) in [5.74, 6) is -0.0841. The molecular weight excluding hydrogens is 244 g/mol. The number of hydrogen-bond acceptors (Lipinski definition) is 4. The van der Waals surface area contributed by atoms with E-state index >= 15 is 0 Å². The van der Waals surface area contributed by atoms with Crippen molar-refractivity contribution in [1.29, 1.82) is 0 Å². The molecule has 0 radical (unpaired) electrons. The maximum atomic E-state index is 12.0. The summed E-state index contributed by atoms with van der Waals surface area (Å²) in [5.41, 5.74) is 0.483. The van der Waals surface area contributed by atoms with Crippen LogP contribution in [0.2, 0.25) is 0 Å². The second-order valence-electron chi connectivity index (χ2n) is 4.98. The first-order chi connectivity index (χ1) is 9.19. The summed E-state index contributed by atoms with van der Waals surface area (Å²) < 4.78 is 6.73. The highest BCUT2D eigenvalue weighted by Gasteiger charge is 2.22. The predicted octanol–water partition coefficient (Wildman–Crippen LogP) is 0.261. The number of nitrogens with zero attached hydrogens (tertiary/aromatic N) is 3. The van der Waals surface area contributed by atoms with Crippen molar-refractivity contribution in [3.8, 4) is 0 Å². The molecule has 2 heterocycles. The topological polar surface area (TPSA) is 59.4 Å². The summed E-state index contributed by atoms with van der Waals surface area (Å²) in [6.45, 7) is 3.63. The van der Waals surface area contributed by atoms with E-state index in [0.717, 1.165) is 39.1 Å². The van der Waals surface area contributed by atoms with Gasteiger partial charge in [-0.3, -0.25) is 14.4 Å². The molecule has 1 N–H and O–H groups in total. The van der Waals surface area contributed by atoms with E-state index in [0.29, 0.717) is 5.69 Å². The fourth-order valence-corrected chi connectivity index (χ4v) is 2.39. The summed E-state index contributed by atoms with van der Waals surface area (Å²) in [5, 5.41) is 7.17. The van der Waals surface area contributed by atoms with Crippen molar-refractivity contribution >= 4 is 5.91 Å². The standard InChI is InChI=1S/C13H22N4O2/c1-16-7-5-12(15-16)13(18)14-11-4-3-6-17(10-11)8-9-19-2/h5,7,11H,3-4,6,8-10H2,1-2H3,(H,14,18). The Morgan fingerprint density at radius 2 is 2.47 bits per heavy atom. The molecule has 0 spiro atoms. The predicted molar refractivity (Wildman–Crippen MR) is 72.0 cm³/mol. The molecule has 0 aliphatic carbocycles. The lowest BCUT2D eigenvalue weighted by Crippen LogP contribution is -2.48. The van der Waals surface area contributed by atoms with E-state index in [1.807, 2.05) is 7.05 Å². The first kappa shape index (κ1) is 14.0. The first-order valence-electron chi connectivity index (χ1n) is 6.71. The van der Waals surface area contributed by atoms with Gasteiger partial charge in [0.2, 0.25) is 0 Å². The van der Waals surface area contributed by atoms with Crippen LogP contribution in [0.1, 0.15) is 23.3 Å². The van der Waals surface area contributed by atoms with Crippen molar-refractivity contribution in [1.82, 2.24) is 20.0 Å². The van der Waals surface area contributed by atoms with Crippen LogP contribution in [0, 0.1) is 0 Å². The van der Waals surface area contributed by atoms with Crippen LogP contribution in [-0.4, -0.2) is 60.0 Å². The molecule has 1 aromatic heterocycles. The van der Waals surface area contributed by atoms with E-state index in [2.05, 4.69) is 15.3 Å². The third-order valence-corrected chi connectivity index (χ3v) is 3.40. The van der Waals surface area contributed by atoms with Crippen molar-refractivity contribution < 1.29 is 9.53 Å². The van der Waals surface area contributed by atoms with E-state index in [4.69, 9.17) is 4.74 Å². The smallest absolute Gasteiger partial charge is 0.272 e. The van der Waals surface area contributed by atoms with Crippen LogP contribution in [0.25, 0.3) is 0 Å². The molecule has 1 atom stereocenters. The molecule has 1 aliphatic heterocycles. The highest BCUT2D eigenvalue weighted by atomic mass is 16.5. The molecule has 0 saturated carbocycles. The molecule has 1 fully saturated rings. The second-order valence-corrected chi connectivity index (χ2v) is 4.98. The molecule has 6 nitrogen and oxygen atoms in total. The molecule has 106 valence electrons. The molecule has 1 unspecified atom stereocenters. The Kier molecular flexibility index (Phi) is 4.93. The van der Waals surface area contributed by atoms with Gasteiger partial charge in [0.15, 0.2) is 0 Å². The zero-order chi connectivity index (χ0) is 13.7. The zero-order valence-corrected chi connectivity index (χ0v) is 11.6. The van der Waals surface area contributed by atoms with E-state index in [1.54, 1.807) is 24.1 Å². The molecule has 19 heavy (non-hydrogen) atoms. The maximum Gasteiger partial charge on any atom is 0.272 e. The normalized spacial score (nSPS) is 20.4. The van der Waals surface area contributed by atoms with Gasteiger partial charge in [0, 0.05) is 39.5 Å². The van der Waals surface area contributed by atoms with Gasteiger partial charge in [-0.05, 0) is 25.5 Å². The van der Waals surface area contributed by atoms with Crippen LogP contribution < -0.4 is 5.32 Å². The quantitative estimate of drug-likeness (QED) is 0.830. The average molecular weight is 266 g/mol. The highest BCUT2D eigenvalue weighted by molar-refractivity contribution is 5.92. The van der Waals surface area contributed by atoms with E-state index in [9.17, 15) is 4.79 Å². The van der Waals surface area contributed by atoms with Crippen molar-refractivity contribution in [2.75, 3.05) is 33.4 Å².